The van der Waals surface area contributed by atoms with Crippen molar-refractivity contribution in [1.29, 1.82) is 0 Å². The molecule has 0 aromatic rings. The first kappa shape index (κ1) is 15.4. The van der Waals surface area contributed by atoms with Gasteiger partial charge in [0.05, 0.1) is 11.2 Å². The molecule has 0 heterocycles. The second-order valence-corrected chi connectivity index (χ2v) is 16.2. The lowest BCUT2D eigenvalue weighted by Gasteiger charge is -2.74. The minimum absolute atomic E-state index is 0.208. The fraction of sp³-hybridized carbons (Fsp3) is 1.00. The summed E-state index contributed by atoms with van der Waals surface area (Å²) < 4.78 is 7.13. The fourth-order valence-corrected chi connectivity index (χ4v) is 9.28. The third kappa shape index (κ3) is 1.88. The summed E-state index contributed by atoms with van der Waals surface area (Å²) in [5.74, 6) is 5.08. The van der Waals surface area contributed by atoms with Gasteiger partial charge in [-0.3, -0.25) is 0 Å². The number of hydrogen-bond donors (Lipinski definition) is 1. The Morgan fingerprint density at radius 3 is 1.48 bits per heavy atom. The Morgan fingerprint density at radius 2 is 1.13 bits per heavy atom. The van der Waals surface area contributed by atoms with Crippen LogP contribution in [-0.4, -0.2) is 24.6 Å². The number of rotatable bonds is 2. The highest BCUT2D eigenvalue weighted by molar-refractivity contribution is 6.74. The smallest absolute Gasteiger partial charge is 0.192 e. The van der Waals surface area contributed by atoms with Crippen molar-refractivity contribution in [2.45, 2.75) is 88.6 Å². The summed E-state index contributed by atoms with van der Waals surface area (Å²) in [6.45, 7) is 12.0. The van der Waals surface area contributed by atoms with Crippen molar-refractivity contribution >= 4 is 8.32 Å². The van der Waals surface area contributed by atoms with Crippen LogP contribution in [0.25, 0.3) is 0 Å². The summed E-state index contributed by atoms with van der Waals surface area (Å²) in [5, 5.41) is 11.2. The van der Waals surface area contributed by atoms with Gasteiger partial charge in [-0.15, -0.1) is 0 Å². The van der Waals surface area contributed by atoms with E-state index in [1.54, 1.807) is 0 Å². The summed E-state index contributed by atoms with van der Waals surface area (Å²) in [6.07, 6.45) is 7.26. The molecule has 7 aliphatic rings. The Labute approximate surface area is 142 Å². The first-order valence-electron chi connectivity index (χ1n) is 9.95. The predicted octanol–water partition coefficient (Wildman–Crippen LogP) is 4.58. The van der Waals surface area contributed by atoms with Crippen molar-refractivity contribution in [2.24, 2.45) is 35.5 Å². The zero-order valence-electron chi connectivity index (χ0n) is 15.6. The SMILES string of the molecule is CC(C)(C)[Si](C)(C)OC12CC3C4CC5(O)CC3C(C1)C(C5)C4C2. The van der Waals surface area contributed by atoms with E-state index in [0.717, 1.165) is 54.8 Å². The molecule has 7 aliphatic carbocycles. The van der Waals surface area contributed by atoms with E-state index >= 15 is 0 Å². The second kappa shape index (κ2) is 4.10. The van der Waals surface area contributed by atoms with Crippen LogP contribution in [0.3, 0.4) is 0 Å². The maximum absolute atomic E-state index is 10.9. The molecule has 0 aromatic heterocycles. The van der Waals surface area contributed by atoms with E-state index in [0.29, 0.717) is 5.04 Å². The van der Waals surface area contributed by atoms with Crippen molar-refractivity contribution in [1.82, 2.24) is 0 Å². The molecule has 7 saturated carbocycles. The first-order valence-corrected chi connectivity index (χ1v) is 12.9. The Bertz CT molecular complexity index is 483. The maximum atomic E-state index is 10.9. The van der Waals surface area contributed by atoms with Crippen LogP contribution in [0.4, 0.5) is 0 Å². The molecule has 1 N–H and O–H groups in total. The lowest BCUT2D eigenvalue weighted by Crippen LogP contribution is -2.72. The van der Waals surface area contributed by atoms with Gasteiger partial charge >= 0.3 is 0 Å². The molecule has 2 nitrogen and oxygen atoms in total. The molecule has 8 bridgehead atoms. The highest BCUT2D eigenvalue weighted by Crippen LogP contribution is 2.73. The topological polar surface area (TPSA) is 29.5 Å². The van der Waals surface area contributed by atoms with Crippen LogP contribution in [0, 0.1) is 35.5 Å². The molecular weight excluding hydrogens is 300 g/mol. The Balaban J connectivity index is 1.48. The minimum Gasteiger partial charge on any atom is -0.411 e. The lowest BCUT2D eigenvalue weighted by atomic mass is 9.34. The van der Waals surface area contributed by atoms with E-state index in [9.17, 15) is 5.11 Å². The molecule has 0 unspecified atom stereocenters. The van der Waals surface area contributed by atoms with Gasteiger partial charge in [-0.1, -0.05) is 20.8 Å². The van der Waals surface area contributed by atoms with Crippen LogP contribution in [0.5, 0.6) is 0 Å². The van der Waals surface area contributed by atoms with Crippen LogP contribution < -0.4 is 0 Å². The Morgan fingerprint density at radius 1 is 0.783 bits per heavy atom. The van der Waals surface area contributed by atoms with Crippen molar-refractivity contribution in [3.05, 3.63) is 0 Å². The fourth-order valence-electron chi connectivity index (χ4n) is 7.65. The zero-order valence-corrected chi connectivity index (χ0v) is 16.6. The molecule has 0 atom stereocenters. The molecular formula is C20H34O2Si. The molecule has 23 heavy (non-hydrogen) atoms. The molecule has 0 spiro atoms. The van der Waals surface area contributed by atoms with Gasteiger partial charge in [0.15, 0.2) is 8.32 Å². The molecule has 0 amide bonds. The number of aliphatic hydroxyl groups is 1. The molecule has 0 radical (unpaired) electrons. The Kier molecular flexibility index (Phi) is 2.74. The largest absolute Gasteiger partial charge is 0.411 e. The summed E-state index contributed by atoms with van der Waals surface area (Å²) in [7, 11) is -1.70. The van der Waals surface area contributed by atoms with Gasteiger partial charge in [-0.25, -0.2) is 0 Å². The Hall–Kier alpha value is 0.137. The van der Waals surface area contributed by atoms with Gasteiger partial charge in [0.1, 0.15) is 0 Å². The van der Waals surface area contributed by atoms with Gasteiger partial charge in [0.25, 0.3) is 0 Å². The summed E-state index contributed by atoms with van der Waals surface area (Å²) in [6, 6.07) is 0. The predicted molar refractivity (Wildman–Crippen MR) is 94.6 cm³/mol. The standard InChI is InChI=1S/C20H34O2Si/c1-18(2,3)23(4,5)22-20-9-15-12-6-19(21)7-13(15)17(11-20)14(8-19)16(12)10-20/h12-17,21H,6-11H2,1-5H3. The molecule has 130 valence electrons. The van der Waals surface area contributed by atoms with Crippen LogP contribution >= 0.6 is 0 Å². The van der Waals surface area contributed by atoms with Crippen LogP contribution in [0.1, 0.15) is 59.3 Å². The molecule has 0 aliphatic heterocycles. The highest BCUT2D eigenvalue weighted by atomic mass is 28.4. The third-order valence-electron chi connectivity index (χ3n) is 9.25. The third-order valence-corrected chi connectivity index (χ3v) is 13.8. The monoisotopic (exact) mass is 334 g/mol. The van der Waals surface area contributed by atoms with E-state index in [1.165, 1.54) is 19.3 Å². The lowest BCUT2D eigenvalue weighted by molar-refractivity contribution is -0.286. The summed E-state index contributed by atoms with van der Waals surface area (Å²) >= 11 is 0. The average molecular weight is 335 g/mol. The number of hydrogen-bond acceptors (Lipinski definition) is 2. The van der Waals surface area contributed by atoms with Crippen LogP contribution in [0.2, 0.25) is 18.1 Å². The normalized spacial score (nSPS) is 56.6. The zero-order chi connectivity index (χ0) is 16.4. The maximum Gasteiger partial charge on any atom is 0.192 e. The van der Waals surface area contributed by atoms with E-state index in [4.69, 9.17) is 4.43 Å². The molecule has 0 aromatic carbocycles. The van der Waals surface area contributed by atoms with Crippen molar-refractivity contribution in [2.75, 3.05) is 0 Å². The first-order chi connectivity index (χ1) is 10.5. The van der Waals surface area contributed by atoms with Crippen molar-refractivity contribution in [3.63, 3.8) is 0 Å². The van der Waals surface area contributed by atoms with E-state index in [1.807, 2.05) is 0 Å². The highest BCUT2D eigenvalue weighted by Gasteiger charge is 2.71. The minimum atomic E-state index is -1.70. The molecule has 7 rings (SSSR count). The second-order valence-electron chi connectivity index (χ2n) is 11.5. The van der Waals surface area contributed by atoms with Crippen molar-refractivity contribution in [3.8, 4) is 0 Å². The molecule has 0 saturated heterocycles. The van der Waals surface area contributed by atoms with Gasteiger partial charge < -0.3 is 9.53 Å². The average Bonchev–Trinajstić information content (AvgIpc) is 2.40. The van der Waals surface area contributed by atoms with Gasteiger partial charge in [-0.2, -0.15) is 0 Å². The van der Waals surface area contributed by atoms with E-state index < -0.39 is 8.32 Å². The molecule has 7 fully saturated rings. The summed E-state index contributed by atoms with van der Waals surface area (Å²) in [5.41, 5.74) is -0.0690. The van der Waals surface area contributed by atoms with E-state index in [-0.39, 0.29) is 11.2 Å². The van der Waals surface area contributed by atoms with E-state index in [2.05, 4.69) is 33.9 Å². The van der Waals surface area contributed by atoms with Gasteiger partial charge in [-0.05, 0) is 92.2 Å². The van der Waals surface area contributed by atoms with Crippen molar-refractivity contribution < 1.29 is 9.53 Å². The van der Waals surface area contributed by atoms with Crippen LogP contribution in [-0.2, 0) is 4.43 Å². The molecule has 3 heteroatoms. The van der Waals surface area contributed by atoms with Gasteiger partial charge in [0, 0.05) is 0 Å². The van der Waals surface area contributed by atoms with Gasteiger partial charge in [0.2, 0.25) is 0 Å². The van der Waals surface area contributed by atoms with Crippen LogP contribution in [0.15, 0.2) is 0 Å². The quantitative estimate of drug-likeness (QED) is 0.749. The summed E-state index contributed by atoms with van der Waals surface area (Å²) in [4.78, 5) is 0.